The van der Waals surface area contributed by atoms with Crippen LogP contribution in [0.4, 0.5) is 4.79 Å². The Balaban J connectivity index is 1.41. The van der Waals surface area contributed by atoms with Gasteiger partial charge in [0, 0.05) is 12.6 Å². The molecule has 0 aromatic heterocycles. The highest BCUT2D eigenvalue weighted by molar-refractivity contribution is 6.20. The molecule has 3 rings (SSSR count). The van der Waals surface area contributed by atoms with E-state index in [2.05, 4.69) is 10.6 Å². The number of hydrogen-bond donors (Lipinski definition) is 2. The molecule has 1 aromatic rings. The topological polar surface area (TPSA) is 105 Å². The fourth-order valence-corrected chi connectivity index (χ4v) is 3.16. The molecule has 1 heterocycles. The third kappa shape index (κ3) is 4.01. The lowest BCUT2D eigenvalue weighted by Gasteiger charge is -2.22. The molecule has 1 aromatic carbocycles. The van der Waals surface area contributed by atoms with Gasteiger partial charge in [-0.25, -0.2) is 9.59 Å². The zero-order valence-corrected chi connectivity index (χ0v) is 14.3. The average molecular weight is 359 g/mol. The molecule has 1 saturated carbocycles. The second kappa shape index (κ2) is 7.99. The van der Waals surface area contributed by atoms with Crippen LogP contribution in [0.15, 0.2) is 24.3 Å². The lowest BCUT2D eigenvalue weighted by molar-refractivity contribution is -0.168. The summed E-state index contributed by atoms with van der Waals surface area (Å²) >= 11 is 0. The van der Waals surface area contributed by atoms with Crippen LogP contribution in [0.2, 0.25) is 0 Å². The summed E-state index contributed by atoms with van der Waals surface area (Å²) in [6.07, 6.45) is 5.20. The first-order chi connectivity index (χ1) is 12.6. The molecule has 0 spiro atoms. The smallest absolute Gasteiger partial charge is 0.335 e. The number of amides is 4. The predicted molar refractivity (Wildman–Crippen MR) is 91.1 cm³/mol. The lowest BCUT2D eigenvalue weighted by Crippen LogP contribution is -2.43. The van der Waals surface area contributed by atoms with Gasteiger partial charge in [-0.05, 0) is 25.0 Å². The molecule has 138 valence electrons. The number of fused-ring (bicyclic) bond motifs is 1. The zero-order chi connectivity index (χ0) is 18.5. The van der Waals surface area contributed by atoms with E-state index in [4.69, 9.17) is 4.84 Å². The summed E-state index contributed by atoms with van der Waals surface area (Å²) in [4.78, 5) is 52.7. The van der Waals surface area contributed by atoms with Gasteiger partial charge in [0.2, 0.25) is 0 Å². The first-order valence-electron chi connectivity index (χ1n) is 8.79. The highest BCUT2D eigenvalue weighted by atomic mass is 16.7. The summed E-state index contributed by atoms with van der Waals surface area (Å²) in [5.41, 5.74) is 0.408. The first-order valence-corrected chi connectivity index (χ1v) is 8.79. The van der Waals surface area contributed by atoms with Gasteiger partial charge in [-0.2, -0.15) is 0 Å². The summed E-state index contributed by atoms with van der Waals surface area (Å²) in [7, 11) is 0. The van der Waals surface area contributed by atoms with Crippen molar-refractivity contribution in [2.24, 2.45) is 0 Å². The van der Waals surface area contributed by atoms with Crippen LogP contribution in [0.3, 0.4) is 0 Å². The molecule has 8 heteroatoms. The summed E-state index contributed by atoms with van der Waals surface area (Å²) in [5, 5.41) is 5.92. The van der Waals surface area contributed by atoms with E-state index in [1.165, 1.54) is 18.6 Å². The third-order valence-electron chi connectivity index (χ3n) is 4.50. The van der Waals surface area contributed by atoms with Crippen LogP contribution >= 0.6 is 0 Å². The van der Waals surface area contributed by atoms with Crippen LogP contribution in [0.25, 0.3) is 0 Å². The first kappa shape index (κ1) is 17.9. The van der Waals surface area contributed by atoms with Gasteiger partial charge in [0.05, 0.1) is 17.5 Å². The van der Waals surface area contributed by atoms with Gasteiger partial charge in [0.25, 0.3) is 11.8 Å². The summed E-state index contributed by atoms with van der Waals surface area (Å²) in [6.45, 7) is 0.0561. The van der Waals surface area contributed by atoms with Crippen LogP contribution in [0.1, 0.15) is 59.2 Å². The minimum atomic E-state index is -0.766. The standard InChI is InChI=1S/C18H21N3O5/c22-15(10-11-19-18(25)20-12-6-2-1-3-7-12)26-21-16(23)13-8-4-5-9-14(13)17(21)24/h4-5,8-9,12H,1-3,6-7,10-11H2,(H2,19,20,25). The average Bonchev–Trinajstić information content (AvgIpc) is 2.88. The molecule has 1 fully saturated rings. The van der Waals surface area contributed by atoms with Crippen LogP contribution in [0, 0.1) is 0 Å². The van der Waals surface area contributed by atoms with Gasteiger partial charge in [-0.15, -0.1) is 0 Å². The maximum absolute atomic E-state index is 12.1. The van der Waals surface area contributed by atoms with Gasteiger partial charge < -0.3 is 15.5 Å². The van der Waals surface area contributed by atoms with Crippen molar-refractivity contribution in [3.05, 3.63) is 35.4 Å². The van der Waals surface area contributed by atoms with Crippen molar-refractivity contribution in [2.45, 2.75) is 44.6 Å². The summed E-state index contributed by atoms with van der Waals surface area (Å²) in [5.74, 6) is -2.10. The summed E-state index contributed by atoms with van der Waals surface area (Å²) in [6, 6.07) is 6.11. The highest BCUT2D eigenvalue weighted by Gasteiger charge is 2.38. The maximum Gasteiger partial charge on any atom is 0.335 e. The Bertz CT molecular complexity index is 692. The molecule has 0 unspecified atom stereocenters. The Hall–Kier alpha value is -2.90. The van der Waals surface area contributed by atoms with E-state index >= 15 is 0 Å². The molecule has 1 aliphatic heterocycles. The minimum absolute atomic E-state index is 0.0561. The number of hydroxylamine groups is 2. The Morgan fingerprint density at radius 2 is 1.65 bits per heavy atom. The molecule has 0 atom stereocenters. The number of nitrogens with zero attached hydrogens (tertiary/aromatic N) is 1. The van der Waals surface area contributed by atoms with Gasteiger partial charge in [0.1, 0.15) is 0 Å². The molecular weight excluding hydrogens is 338 g/mol. The molecule has 1 aliphatic carbocycles. The van der Waals surface area contributed by atoms with E-state index in [-0.39, 0.29) is 36.2 Å². The van der Waals surface area contributed by atoms with Gasteiger partial charge in [0.15, 0.2) is 0 Å². The fourth-order valence-electron chi connectivity index (χ4n) is 3.16. The quantitative estimate of drug-likeness (QED) is 0.780. The minimum Gasteiger partial charge on any atom is -0.338 e. The molecule has 2 aliphatic rings. The SMILES string of the molecule is O=C(NCCC(=O)ON1C(=O)c2ccccc2C1=O)NC1CCCCC1. The third-order valence-corrected chi connectivity index (χ3v) is 4.50. The highest BCUT2D eigenvalue weighted by Crippen LogP contribution is 2.22. The van der Waals surface area contributed by atoms with Gasteiger partial charge in [-0.3, -0.25) is 9.59 Å². The monoisotopic (exact) mass is 359 g/mol. The Morgan fingerprint density at radius 3 is 2.27 bits per heavy atom. The normalized spacial score (nSPS) is 17.0. The number of urea groups is 1. The maximum atomic E-state index is 12.1. The molecule has 4 amide bonds. The zero-order valence-electron chi connectivity index (χ0n) is 14.3. The van der Waals surface area contributed by atoms with Crippen LogP contribution in [-0.4, -0.2) is 41.5 Å². The van der Waals surface area contributed by atoms with E-state index < -0.39 is 17.8 Å². The van der Waals surface area contributed by atoms with Gasteiger partial charge in [-0.1, -0.05) is 36.5 Å². The molecule has 26 heavy (non-hydrogen) atoms. The Morgan fingerprint density at radius 1 is 1.04 bits per heavy atom. The Kier molecular flexibility index (Phi) is 5.50. The van der Waals surface area contributed by atoms with E-state index in [0.29, 0.717) is 5.06 Å². The van der Waals surface area contributed by atoms with Crippen molar-refractivity contribution in [2.75, 3.05) is 6.54 Å². The van der Waals surface area contributed by atoms with Crippen LogP contribution < -0.4 is 10.6 Å². The molecular formula is C18H21N3O5. The van der Waals surface area contributed by atoms with E-state index in [0.717, 1.165) is 25.7 Å². The van der Waals surface area contributed by atoms with Crippen LogP contribution in [-0.2, 0) is 9.63 Å². The molecule has 0 radical (unpaired) electrons. The molecule has 0 saturated heterocycles. The van der Waals surface area contributed by atoms with Crippen molar-refractivity contribution in [1.82, 2.24) is 15.7 Å². The number of benzene rings is 1. The van der Waals surface area contributed by atoms with Crippen molar-refractivity contribution >= 4 is 23.8 Å². The number of rotatable bonds is 5. The van der Waals surface area contributed by atoms with E-state index in [1.54, 1.807) is 12.1 Å². The predicted octanol–water partition coefficient (Wildman–Crippen LogP) is 1.76. The lowest BCUT2D eigenvalue weighted by atomic mass is 9.96. The number of carbonyl (C=O) groups excluding carboxylic acids is 4. The van der Waals surface area contributed by atoms with Crippen molar-refractivity contribution in [1.29, 1.82) is 0 Å². The Labute approximate surface area is 150 Å². The van der Waals surface area contributed by atoms with Gasteiger partial charge >= 0.3 is 12.0 Å². The van der Waals surface area contributed by atoms with Crippen molar-refractivity contribution in [3.63, 3.8) is 0 Å². The second-order valence-corrected chi connectivity index (χ2v) is 6.40. The molecule has 0 bridgehead atoms. The van der Waals surface area contributed by atoms with E-state index in [1.807, 2.05) is 0 Å². The van der Waals surface area contributed by atoms with E-state index in [9.17, 15) is 19.2 Å². The molecule has 2 N–H and O–H groups in total. The largest absolute Gasteiger partial charge is 0.338 e. The number of imide groups is 1. The van der Waals surface area contributed by atoms with Crippen LogP contribution in [0.5, 0.6) is 0 Å². The summed E-state index contributed by atoms with van der Waals surface area (Å²) < 4.78 is 0. The van der Waals surface area contributed by atoms with Crippen molar-refractivity contribution < 1.29 is 24.0 Å². The fraction of sp³-hybridized carbons (Fsp3) is 0.444. The van der Waals surface area contributed by atoms with Crippen molar-refractivity contribution in [3.8, 4) is 0 Å². The number of hydrogen-bond acceptors (Lipinski definition) is 5. The number of nitrogens with one attached hydrogen (secondary N) is 2. The molecule has 8 nitrogen and oxygen atoms in total. The number of carbonyl (C=O) groups is 4. The second-order valence-electron chi connectivity index (χ2n) is 6.40.